The molecule has 1 aliphatic heterocycles. The van der Waals surface area contributed by atoms with Gasteiger partial charge >= 0.3 is 19.5 Å². The Morgan fingerprint density at radius 3 is 2.75 bits per heavy atom. The lowest BCUT2D eigenvalue weighted by Gasteiger charge is -2.28. The van der Waals surface area contributed by atoms with E-state index in [2.05, 4.69) is 14.2 Å². The fourth-order valence-corrected chi connectivity index (χ4v) is 3.84. The lowest BCUT2D eigenvalue weighted by atomic mass is 9.98. The molecular weight excluding hydrogens is 504 g/mol. The number of halogens is 1. The van der Waals surface area contributed by atoms with Crippen LogP contribution in [0.3, 0.4) is 0 Å². The van der Waals surface area contributed by atoms with Gasteiger partial charge in [-0.25, -0.2) is 18.3 Å². The number of carbonyl (C=O) groups is 1. The Hall–Kier alpha value is -3.55. The van der Waals surface area contributed by atoms with Crippen molar-refractivity contribution in [3.8, 4) is 11.6 Å². The smallest absolute Gasteiger partial charge is 0.457 e. The van der Waals surface area contributed by atoms with Gasteiger partial charge in [-0.2, -0.15) is 0 Å². The van der Waals surface area contributed by atoms with Gasteiger partial charge in [0.2, 0.25) is 0 Å². The van der Waals surface area contributed by atoms with E-state index in [4.69, 9.17) is 18.9 Å². The molecule has 2 aromatic heterocycles. The van der Waals surface area contributed by atoms with Crippen molar-refractivity contribution < 1.29 is 46.8 Å². The Morgan fingerprint density at radius 2 is 2.11 bits per heavy atom. The van der Waals surface area contributed by atoms with Crippen molar-refractivity contribution in [3.05, 3.63) is 70.4 Å². The van der Waals surface area contributed by atoms with Crippen LogP contribution in [0.25, 0.3) is 11.3 Å². The highest BCUT2D eigenvalue weighted by atomic mass is 31.2. The monoisotopic (exact) mass is 525 g/mol. The zero-order valence-corrected chi connectivity index (χ0v) is 19.4. The number of aromatic nitrogens is 2. The number of amides is 1. The van der Waals surface area contributed by atoms with Crippen LogP contribution in [-0.4, -0.2) is 61.2 Å². The van der Waals surface area contributed by atoms with E-state index < -0.39 is 38.0 Å². The summed E-state index contributed by atoms with van der Waals surface area (Å²) in [4.78, 5) is 43.1. The van der Waals surface area contributed by atoms with Gasteiger partial charge in [0.25, 0.3) is 5.91 Å². The Morgan fingerprint density at radius 1 is 1.31 bits per heavy atom. The number of phosphoric ester groups is 1. The first-order valence-electron chi connectivity index (χ1n) is 10.5. The number of hydrogen-bond acceptors (Lipinski definition) is 9. The summed E-state index contributed by atoms with van der Waals surface area (Å²) in [5.74, 6) is -2.23. The van der Waals surface area contributed by atoms with Crippen LogP contribution in [0.15, 0.2) is 56.5 Å². The predicted molar refractivity (Wildman–Crippen MR) is 118 cm³/mol. The van der Waals surface area contributed by atoms with Gasteiger partial charge in [-0.3, -0.25) is 9.32 Å². The molecule has 3 aromatic rings. The van der Waals surface area contributed by atoms with Crippen LogP contribution >= 0.6 is 7.82 Å². The van der Waals surface area contributed by atoms with E-state index in [1.165, 1.54) is 29.5 Å². The first-order chi connectivity index (χ1) is 17.1. The Labute approximate surface area is 202 Å². The third kappa shape index (κ3) is 6.17. The SMILES string of the molecule is O=C(C(O)COP(=O)(O)O)N1CC=C(c2ccc(-n3cc(OCc4ccon4)oc3=O)cc2F)CC1. The molecule has 36 heavy (non-hydrogen) atoms. The topological polar surface area (TPSA) is 178 Å². The molecule has 1 atom stereocenters. The summed E-state index contributed by atoms with van der Waals surface area (Å²) in [6.07, 6.45) is 2.77. The van der Waals surface area contributed by atoms with Crippen LogP contribution < -0.4 is 10.5 Å². The van der Waals surface area contributed by atoms with Gasteiger partial charge in [0.15, 0.2) is 6.10 Å². The average Bonchev–Trinajstić information content (AvgIpc) is 3.50. The summed E-state index contributed by atoms with van der Waals surface area (Å²) < 4.78 is 46.0. The molecule has 1 unspecified atom stereocenters. The van der Waals surface area contributed by atoms with E-state index in [0.717, 1.165) is 10.6 Å². The fourth-order valence-electron chi connectivity index (χ4n) is 3.50. The number of ether oxygens (including phenoxy) is 1. The minimum absolute atomic E-state index is 0.0121. The lowest BCUT2D eigenvalue weighted by molar-refractivity contribution is -0.141. The molecule has 3 heterocycles. The van der Waals surface area contributed by atoms with Crippen molar-refractivity contribution in [2.75, 3.05) is 19.7 Å². The molecule has 0 saturated carbocycles. The van der Waals surface area contributed by atoms with Gasteiger partial charge in [-0.15, -0.1) is 0 Å². The molecule has 3 N–H and O–H groups in total. The molecule has 0 fully saturated rings. The van der Waals surface area contributed by atoms with Crippen molar-refractivity contribution in [3.63, 3.8) is 0 Å². The van der Waals surface area contributed by atoms with Crippen LogP contribution in [0.1, 0.15) is 17.7 Å². The van der Waals surface area contributed by atoms with E-state index in [9.17, 15) is 23.7 Å². The minimum atomic E-state index is -4.82. The summed E-state index contributed by atoms with van der Waals surface area (Å²) in [5.41, 5.74) is 1.59. The highest BCUT2D eigenvalue weighted by Gasteiger charge is 2.27. The third-order valence-corrected chi connectivity index (χ3v) is 5.74. The predicted octanol–water partition coefficient (Wildman–Crippen LogP) is 1.22. The summed E-state index contributed by atoms with van der Waals surface area (Å²) in [7, 11) is -4.82. The number of rotatable bonds is 9. The molecule has 15 heteroatoms. The zero-order chi connectivity index (χ0) is 25.9. The highest BCUT2D eigenvalue weighted by molar-refractivity contribution is 7.46. The summed E-state index contributed by atoms with van der Waals surface area (Å²) >= 11 is 0. The molecule has 192 valence electrons. The van der Waals surface area contributed by atoms with Crippen molar-refractivity contribution in [1.82, 2.24) is 14.6 Å². The van der Waals surface area contributed by atoms with Crippen molar-refractivity contribution in [1.29, 1.82) is 0 Å². The lowest BCUT2D eigenvalue weighted by Crippen LogP contribution is -2.43. The third-order valence-electron chi connectivity index (χ3n) is 5.26. The molecule has 0 bridgehead atoms. The first-order valence-corrected chi connectivity index (χ1v) is 12.0. The number of oxazole rings is 1. The molecule has 0 spiro atoms. The molecule has 1 aliphatic rings. The van der Waals surface area contributed by atoms with Crippen molar-refractivity contribution in [2.45, 2.75) is 19.1 Å². The zero-order valence-electron chi connectivity index (χ0n) is 18.5. The summed E-state index contributed by atoms with van der Waals surface area (Å²) in [6.45, 7) is -0.646. The van der Waals surface area contributed by atoms with Crippen molar-refractivity contribution >= 4 is 19.3 Å². The molecule has 0 aliphatic carbocycles. The maximum atomic E-state index is 14.9. The number of phosphoric acid groups is 1. The number of nitrogens with zero attached hydrogens (tertiary/aromatic N) is 3. The van der Waals surface area contributed by atoms with Gasteiger partial charge in [0.05, 0.1) is 18.5 Å². The quantitative estimate of drug-likeness (QED) is 0.342. The Kier molecular flexibility index (Phi) is 7.52. The van der Waals surface area contributed by atoms with Crippen LogP contribution in [-0.2, 0) is 20.5 Å². The fraction of sp³-hybridized carbons (Fsp3) is 0.286. The number of aliphatic hydroxyl groups is 1. The Balaban J connectivity index is 1.41. The van der Waals surface area contributed by atoms with Gasteiger partial charge < -0.3 is 33.5 Å². The van der Waals surface area contributed by atoms with E-state index in [-0.39, 0.29) is 43.3 Å². The average molecular weight is 525 g/mol. The van der Waals surface area contributed by atoms with E-state index in [0.29, 0.717) is 11.3 Å². The van der Waals surface area contributed by atoms with Gasteiger partial charge in [0, 0.05) is 24.7 Å². The highest BCUT2D eigenvalue weighted by Crippen LogP contribution is 2.35. The molecule has 13 nitrogen and oxygen atoms in total. The Bertz CT molecular complexity index is 1360. The molecule has 0 radical (unpaired) electrons. The largest absolute Gasteiger partial charge is 0.469 e. The second-order valence-corrected chi connectivity index (χ2v) is 8.93. The second kappa shape index (κ2) is 10.6. The first kappa shape index (κ1) is 25.5. The van der Waals surface area contributed by atoms with Gasteiger partial charge in [-0.1, -0.05) is 11.2 Å². The normalized spacial score (nSPS) is 15.0. The van der Waals surface area contributed by atoms with Crippen LogP contribution in [0.5, 0.6) is 5.95 Å². The van der Waals surface area contributed by atoms with E-state index >= 15 is 0 Å². The maximum absolute atomic E-state index is 14.9. The number of hydrogen-bond donors (Lipinski definition) is 3. The maximum Gasteiger partial charge on any atom is 0.469 e. The van der Waals surface area contributed by atoms with Gasteiger partial charge in [0.1, 0.15) is 24.4 Å². The molecule has 1 aromatic carbocycles. The summed E-state index contributed by atoms with van der Waals surface area (Å²) in [6, 6.07) is 5.76. The number of aliphatic hydroxyl groups excluding tert-OH is 1. The standard InChI is InChI=1S/C21H21FN3O10P/c22-17-9-15(25-10-19(35-21(25)28)32-11-14-5-8-33-23-14)1-2-16(17)13-3-6-24(7-4-13)20(27)18(26)12-34-36(29,30)31/h1-3,5,8-10,18,26H,4,6-7,11-12H2,(H2,29,30,31). The van der Waals surface area contributed by atoms with Crippen LogP contribution in [0, 0.1) is 5.82 Å². The van der Waals surface area contributed by atoms with Crippen LogP contribution in [0.4, 0.5) is 4.39 Å². The van der Waals surface area contributed by atoms with Crippen molar-refractivity contribution in [2.24, 2.45) is 0 Å². The molecular formula is C21H21FN3O10P. The van der Waals surface area contributed by atoms with E-state index in [1.54, 1.807) is 12.1 Å². The molecule has 0 saturated heterocycles. The molecule has 4 rings (SSSR count). The number of benzene rings is 1. The van der Waals surface area contributed by atoms with E-state index in [1.807, 2.05) is 0 Å². The second-order valence-electron chi connectivity index (χ2n) is 7.70. The number of carbonyl (C=O) groups excluding carboxylic acids is 1. The molecule has 1 amide bonds. The van der Waals surface area contributed by atoms with Crippen LogP contribution in [0.2, 0.25) is 0 Å². The van der Waals surface area contributed by atoms with Gasteiger partial charge in [-0.05, 0) is 30.2 Å². The minimum Gasteiger partial charge on any atom is -0.457 e. The summed E-state index contributed by atoms with van der Waals surface area (Å²) in [5, 5.41) is 13.5.